The SMILES string of the molecule is CC(C)(C)OC(=O)N(C(=O)OC(C)(C)C)[C@@H]1[C@H]2C=C(OS(=O)(=O)C(F)(F)F)C[C@H]21. The van der Waals surface area contributed by atoms with Crippen molar-refractivity contribution in [1.29, 1.82) is 0 Å². The van der Waals surface area contributed by atoms with E-state index in [9.17, 15) is 31.2 Å². The number of carbonyl (C=O) groups is 2. The highest BCUT2D eigenvalue weighted by molar-refractivity contribution is 7.87. The Hall–Kier alpha value is -1.98. The first kappa shape index (κ1) is 23.3. The van der Waals surface area contributed by atoms with E-state index in [1.807, 2.05) is 0 Å². The first-order valence-corrected chi connectivity index (χ1v) is 10.2. The van der Waals surface area contributed by atoms with Crippen molar-refractivity contribution in [3.63, 3.8) is 0 Å². The monoisotopic (exact) mass is 443 g/mol. The molecule has 2 amide bonds. The second kappa shape index (κ2) is 7.06. The van der Waals surface area contributed by atoms with Gasteiger partial charge in [0, 0.05) is 12.3 Å². The molecule has 3 atom stereocenters. The van der Waals surface area contributed by atoms with Gasteiger partial charge in [-0.25, -0.2) is 14.5 Å². The largest absolute Gasteiger partial charge is 0.534 e. The Morgan fingerprint density at radius 2 is 1.45 bits per heavy atom. The van der Waals surface area contributed by atoms with Crippen LogP contribution in [0.3, 0.4) is 0 Å². The van der Waals surface area contributed by atoms with Crippen LogP contribution in [0.25, 0.3) is 0 Å². The fourth-order valence-corrected chi connectivity index (χ4v) is 3.43. The van der Waals surface area contributed by atoms with Crippen LogP contribution in [0.4, 0.5) is 22.8 Å². The average Bonchev–Trinajstić information content (AvgIpc) is 2.89. The molecule has 0 radical (unpaired) electrons. The number of imide groups is 1. The predicted molar refractivity (Wildman–Crippen MR) is 93.8 cm³/mol. The van der Waals surface area contributed by atoms with Crippen molar-refractivity contribution in [2.45, 2.75) is 70.7 Å². The molecular weight excluding hydrogens is 419 g/mol. The van der Waals surface area contributed by atoms with Crippen LogP contribution >= 0.6 is 0 Å². The number of nitrogens with zero attached hydrogens (tertiary/aromatic N) is 1. The number of alkyl halides is 3. The normalized spacial score (nSPS) is 24.3. The lowest BCUT2D eigenvalue weighted by molar-refractivity contribution is -0.0523. The van der Waals surface area contributed by atoms with Crippen LogP contribution in [-0.4, -0.2) is 48.3 Å². The molecule has 0 aromatic heterocycles. The van der Waals surface area contributed by atoms with Gasteiger partial charge in [0.2, 0.25) is 0 Å². The second-order valence-electron chi connectivity index (χ2n) is 8.88. The van der Waals surface area contributed by atoms with Crippen molar-refractivity contribution in [3.05, 3.63) is 11.8 Å². The van der Waals surface area contributed by atoms with Crippen molar-refractivity contribution in [1.82, 2.24) is 4.90 Å². The molecule has 0 spiro atoms. The lowest BCUT2D eigenvalue weighted by Gasteiger charge is -2.29. The smallest absolute Gasteiger partial charge is 0.443 e. The number of fused-ring (bicyclic) bond motifs is 1. The highest BCUT2D eigenvalue weighted by Gasteiger charge is 2.61. The standard InChI is InChI=1S/C17H24F3NO7S/c1-15(2,3)26-13(22)21(14(23)27-16(4,5)6)12-10-7-9(8-11(10)12)28-29(24,25)17(18,19)20/h7,10-12H,8H2,1-6H3/t10-,11+,12+/m0/s1. The van der Waals surface area contributed by atoms with Crippen LogP contribution in [0.5, 0.6) is 0 Å². The summed E-state index contributed by atoms with van der Waals surface area (Å²) < 4.78 is 74.2. The van der Waals surface area contributed by atoms with Crippen molar-refractivity contribution < 1.29 is 44.8 Å². The first-order valence-electron chi connectivity index (χ1n) is 8.79. The maximum absolute atomic E-state index is 12.5. The van der Waals surface area contributed by atoms with Gasteiger partial charge in [0.25, 0.3) is 0 Å². The van der Waals surface area contributed by atoms with Gasteiger partial charge in [0.15, 0.2) is 0 Å². The first-order chi connectivity index (χ1) is 12.8. The molecular formula is C17H24F3NO7S. The number of amides is 2. The highest BCUT2D eigenvalue weighted by atomic mass is 32.2. The lowest BCUT2D eigenvalue weighted by Crippen LogP contribution is -2.46. The molecule has 0 heterocycles. The number of hydrogen-bond acceptors (Lipinski definition) is 7. The van der Waals surface area contributed by atoms with E-state index in [0.717, 1.165) is 4.90 Å². The van der Waals surface area contributed by atoms with Crippen molar-refractivity contribution in [2.75, 3.05) is 0 Å². The zero-order valence-electron chi connectivity index (χ0n) is 16.9. The quantitative estimate of drug-likeness (QED) is 0.481. The molecule has 0 aromatic rings. The third-order valence-corrected chi connectivity index (χ3v) is 4.98. The molecule has 0 aromatic carbocycles. The van der Waals surface area contributed by atoms with Crippen LogP contribution in [0.2, 0.25) is 0 Å². The Kier molecular flexibility index (Phi) is 5.68. The van der Waals surface area contributed by atoms with E-state index in [0.29, 0.717) is 0 Å². The van der Waals surface area contributed by atoms with Gasteiger partial charge < -0.3 is 13.7 Å². The van der Waals surface area contributed by atoms with Gasteiger partial charge in [-0.2, -0.15) is 21.6 Å². The summed E-state index contributed by atoms with van der Waals surface area (Å²) in [6, 6.07) is -0.722. The summed E-state index contributed by atoms with van der Waals surface area (Å²) in [5, 5.41) is 0. The van der Waals surface area contributed by atoms with Crippen molar-refractivity contribution in [2.24, 2.45) is 11.8 Å². The zero-order chi connectivity index (χ0) is 22.6. The molecule has 8 nitrogen and oxygen atoms in total. The summed E-state index contributed by atoms with van der Waals surface area (Å²) in [6.45, 7) is 9.67. The summed E-state index contributed by atoms with van der Waals surface area (Å²) in [5.41, 5.74) is -7.34. The second-order valence-corrected chi connectivity index (χ2v) is 10.4. The number of ether oxygens (including phenoxy) is 2. The van der Waals surface area contributed by atoms with Crippen molar-refractivity contribution >= 4 is 22.3 Å². The maximum Gasteiger partial charge on any atom is 0.534 e. The number of allylic oxidation sites excluding steroid dienone is 1. The number of rotatable bonds is 3. The molecule has 0 N–H and O–H groups in total. The highest BCUT2D eigenvalue weighted by Crippen LogP contribution is 2.54. The Morgan fingerprint density at radius 3 is 1.76 bits per heavy atom. The Morgan fingerprint density at radius 1 is 1.00 bits per heavy atom. The van der Waals surface area contributed by atoms with Gasteiger partial charge in [0.05, 0.1) is 6.04 Å². The lowest BCUT2D eigenvalue weighted by atomic mass is 10.2. The van der Waals surface area contributed by atoms with Gasteiger partial charge in [0.1, 0.15) is 17.0 Å². The predicted octanol–water partition coefficient (Wildman–Crippen LogP) is 3.93. The third kappa shape index (κ3) is 5.55. The molecule has 2 rings (SSSR count). The fraction of sp³-hybridized carbons (Fsp3) is 0.765. The number of hydrogen-bond donors (Lipinski definition) is 0. The van der Waals surface area contributed by atoms with Crippen LogP contribution in [-0.2, 0) is 23.8 Å². The van der Waals surface area contributed by atoms with Gasteiger partial charge in [-0.15, -0.1) is 0 Å². The van der Waals surface area contributed by atoms with Crippen LogP contribution in [0, 0.1) is 11.8 Å². The van der Waals surface area contributed by atoms with E-state index in [4.69, 9.17) is 9.47 Å². The van der Waals surface area contributed by atoms with Gasteiger partial charge in [-0.3, -0.25) is 0 Å². The zero-order valence-corrected chi connectivity index (χ0v) is 17.7. The molecule has 2 aliphatic rings. The third-order valence-electron chi connectivity index (χ3n) is 3.98. The summed E-state index contributed by atoms with van der Waals surface area (Å²) in [7, 11) is -5.77. The van der Waals surface area contributed by atoms with E-state index < -0.39 is 56.9 Å². The van der Waals surface area contributed by atoms with E-state index in [2.05, 4.69) is 4.18 Å². The summed E-state index contributed by atoms with van der Waals surface area (Å²) >= 11 is 0. The minimum absolute atomic E-state index is 0.174. The molecule has 2 aliphatic carbocycles. The number of halogens is 3. The average molecular weight is 443 g/mol. The van der Waals surface area contributed by atoms with Gasteiger partial charge in [-0.05, 0) is 53.5 Å². The molecule has 166 valence electrons. The summed E-state index contributed by atoms with van der Waals surface area (Å²) in [6.07, 6.45) is -0.900. The minimum Gasteiger partial charge on any atom is -0.443 e. The maximum atomic E-state index is 12.5. The van der Waals surface area contributed by atoms with Crippen molar-refractivity contribution in [3.8, 4) is 0 Å². The van der Waals surface area contributed by atoms with E-state index in [1.165, 1.54) is 6.08 Å². The molecule has 0 aliphatic heterocycles. The fourth-order valence-electron chi connectivity index (χ4n) is 2.93. The Bertz CT molecular complexity index is 793. The molecule has 0 unspecified atom stereocenters. The van der Waals surface area contributed by atoms with Gasteiger partial charge >= 0.3 is 27.8 Å². The molecule has 29 heavy (non-hydrogen) atoms. The molecule has 0 saturated heterocycles. The van der Waals surface area contributed by atoms with Crippen LogP contribution in [0.15, 0.2) is 11.8 Å². The van der Waals surface area contributed by atoms with Gasteiger partial charge in [-0.1, -0.05) is 0 Å². The van der Waals surface area contributed by atoms with Crippen LogP contribution in [0.1, 0.15) is 48.0 Å². The topological polar surface area (TPSA) is 99.2 Å². The molecule has 12 heteroatoms. The number of carbonyl (C=O) groups excluding carboxylic acids is 2. The van der Waals surface area contributed by atoms with Crippen LogP contribution < -0.4 is 0 Å². The molecule has 1 saturated carbocycles. The Balaban J connectivity index is 2.18. The van der Waals surface area contributed by atoms with E-state index >= 15 is 0 Å². The minimum atomic E-state index is -5.77. The molecule has 1 fully saturated rings. The van der Waals surface area contributed by atoms with E-state index in [-0.39, 0.29) is 12.2 Å². The molecule has 0 bridgehead atoms. The van der Waals surface area contributed by atoms with E-state index in [1.54, 1.807) is 41.5 Å². The summed E-state index contributed by atoms with van der Waals surface area (Å²) in [4.78, 5) is 25.9. The summed E-state index contributed by atoms with van der Waals surface area (Å²) in [5.74, 6) is -1.40. The Labute approximate surface area is 167 Å².